The van der Waals surface area contributed by atoms with Gasteiger partial charge in [0.1, 0.15) is 6.61 Å². The van der Waals surface area contributed by atoms with Gasteiger partial charge in [0.05, 0.1) is 5.56 Å². The molecule has 1 aliphatic heterocycles. The van der Waals surface area contributed by atoms with E-state index in [4.69, 9.17) is 9.84 Å². The largest absolute Gasteiger partial charge is 0.445 e. The fourth-order valence-corrected chi connectivity index (χ4v) is 3.17. The number of hydrogen-bond acceptors (Lipinski definition) is 3. The molecule has 4 nitrogen and oxygen atoms in total. The first-order chi connectivity index (χ1) is 15.4. The van der Waals surface area contributed by atoms with Crippen LogP contribution in [0.2, 0.25) is 0 Å². The van der Waals surface area contributed by atoms with Crippen LogP contribution in [0, 0.1) is 5.92 Å². The van der Waals surface area contributed by atoms with Crippen molar-refractivity contribution in [3.8, 4) is 0 Å². The van der Waals surface area contributed by atoms with Crippen molar-refractivity contribution in [2.45, 2.75) is 39.5 Å². The van der Waals surface area contributed by atoms with E-state index in [0.29, 0.717) is 18.7 Å². The summed E-state index contributed by atoms with van der Waals surface area (Å²) < 4.78 is 43.2. The molecule has 3 rings (SSSR count). The van der Waals surface area contributed by atoms with Crippen LogP contribution in [-0.2, 0) is 17.5 Å². The predicted octanol–water partition coefficient (Wildman–Crippen LogP) is 6.40. The summed E-state index contributed by atoms with van der Waals surface area (Å²) in [7, 11) is 1.00. The normalized spacial score (nSPS) is 15.8. The van der Waals surface area contributed by atoms with Crippen LogP contribution in [0.3, 0.4) is 0 Å². The fourth-order valence-electron chi connectivity index (χ4n) is 3.17. The Hall–Kier alpha value is -2.80. The van der Waals surface area contributed by atoms with Gasteiger partial charge < -0.3 is 14.7 Å². The molecule has 7 heteroatoms. The summed E-state index contributed by atoms with van der Waals surface area (Å²) in [6, 6.07) is 14.6. The Labute approximate surface area is 188 Å². The van der Waals surface area contributed by atoms with Crippen molar-refractivity contribution in [2.75, 3.05) is 20.2 Å². The van der Waals surface area contributed by atoms with Crippen molar-refractivity contribution >= 4 is 12.2 Å². The number of likely N-dealkylation sites (tertiary alicyclic amines) is 1. The molecule has 2 aromatic carbocycles. The molecular weight excluding hydrogens is 419 g/mol. The number of aliphatic hydroxyl groups excluding tert-OH is 1. The maximum Gasteiger partial charge on any atom is 0.416 e. The lowest BCUT2D eigenvalue weighted by atomic mass is 9.97. The van der Waals surface area contributed by atoms with Crippen LogP contribution < -0.4 is 0 Å². The third-order valence-corrected chi connectivity index (χ3v) is 4.72. The Balaban J connectivity index is 0.00000121. The first-order valence-electron chi connectivity index (χ1n) is 10.7. The Bertz CT molecular complexity index is 805. The molecule has 1 unspecified atom stereocenters. The van der Waals surface area contributed by atoms with Crippen LogP contribution in [0.4, 0.5) is 18.0 Å². The first-order valence-corrected chi connectivity index (χ1v) is 10.7. The molecule has 1 heterocycles. The number of aliphatic hydroxyl groups is 1. The summed E-state index contributed by atoms with van der Waals surface area (Å²) in [5, 5.41) is 7.00. The van der Waals surface area contributed by atoms with Crippen LogP contribution in [0.15, 0.2) is 60.7 Å². The number of carbonyl (C=O) groups is 1. The SMILES string of the molecule is CC.CO.O=C(OCc1ccccc1)N1CCCC(/C=C/c2ccc(C(F)(F)F)cc2)C1. The highest BCUT2D eigenvalue weighted by Gasteiger charge is 2.29. The molecule has 0 aromatic heterocycles. The number of ether oxygens (including phenoxy) is 1. The van der Waals surface area contributed by atoms with Gasteiger partial charge in [0.2, 0.25) is 0 Å². The molecule has 2 aromatic rings. The van der Waals surface area contributed by atoms with Crippen molar-refractivity contribution < 1.29 is 27.8 Å². The van der Waals surface area contributed by atoms with E-state index < -0.39 is 11.7 Å². The van der Waals surface area contributed by atoms with E-state index in [2.05, 4.69) is 0 Å². The molecule has 1 saturated heterocycles. The van der Waals surface area contributed by atoms with Gasteiger partial charge in [-0.05, 0) is 42.0 Å². The highest BCUT2D eigenvalue weighted by molar-refractivity contribution is 5.67. The quantitative estimate of drug-likeness (QED) is 0.585. The van der Waals surface area contributed by atoms with Crippen LogP contribution in [0.5, 0.6) is 0 Å². The van der Waals surface area contributed by atoms with Crippen molar-refractivity contribution in [1.29, 1.82) is 0 Å². The average molecular weight is 452 g/mol. The Morgan fingerprint density at radius 3 is 2.31 bits per heavy atom. The molecule has 1 fully saturated rings. The molecule has 32 heavy (non-hydrogen) atoms. The summed E-state index contributed by atoms with van der Waals surface area (Å²) in [6.45, 7) is 5.44. The minimum atomic E-state index is -4.33. The summed E-state index contributed by atoms with van der Waals surface area (Å²) in [6.07, 6.45) is 0.897. The molecule has 0 bridgehead atoms. The van der Waals surface area contributed by atoms with Crippen molar-refractivity contribution in [3.05, 3.63) is 77.4 Å². The maximum absolute atomic E-state index is 12.6. The summed E-state index contributed by atoms with van der Waals surface area (Å²) in [5.74, 6) is 0.153. The van der Waals surface area contributed by atoms with Gasteiger partial charge in [0.25, 0.3) is 0 Å². The lowest BCUT2D eigenvalue weighted by Crippen LogP contribution is -2.39. The van der Waals surface area contributed by atoms with E-state index in [1.165, 1.54) is 12.1 Å². The number of nitrogens with zero attached hydrogens (tertiary/aromatic N) is 1. The predicted molar refractivity (Wildman–Crippen MR) is 121 cm³/mol. The molecule has 0 saturated carbocycles. The third-order valence-electron chi connectivity index (χ3n) is 4.72. The summed E-state index contributed by atoms with van der Waals surface area (Å²) in [5.41, 5.74) is 0.984. The number of carbonyl (C=O) groups excluding carboxylic acids is 1. The van der Waals surface area contributed by atoms with Gasteiger partial charge in [0, 0.05) is 20.2 Å². The van der Waals surface area contributed by atoms with Crippen molar-refractivity contribution in [1.82, 2.24) is 4.90 Å². The standard InChI is InChI=1S/C22H22F3NO2.C2H6.CH4O/c23-22(24,25)20-12-10-17(11-13-20)8-9-18-7-4-14-26(15-18)21(27)28-16-19-5-2-1-3-6-19;2*1-2/h1-3,5-6,8-13,18H,4,7,14-16H2;1-2H3;2H,1H3/b9-8+;;. The second kappa shape index (κ2) is 14.3. The van der Waals surface area contributed by atoms with E-state index in [9.17, 15) is 18.0 Å². The van der Waals surface area contributed by atoms with Crippen LogP contribution in [-0.4, -0.2) is 36.3 Å². The Kier molecular flexibility index (Phi) is 12.2. The van der Waals surface area contributed by atoms with Gasteiger partial charge in [0.15, 0.2) is 0 Å². The highest BCUT2D eigenvalue weighted by atomic mass is 19.4. The third kappa shape index (κ3) is 9.14. The minimum absolute atomic E-state index is 0.153. The molecular formula is C25H32F3NO3. The number of hydrogen-bond donors (Lipinski definition) is 1. The minimum Gasteiger partial charge on any atom is -0.445 e. The van der Waals surface area contributed by atoms with Gasteiger partial charge >= 0.3 is 12.3 Å². The number of benzene rings is 2. The van der Waals surface area contributed by atoms with Gasteiger partial charge in [-0.2, -0.15) is 13.2 Å². The van der Waals surface area contributed by atoms with Gasteiger partial charge in [-0.3, -0.25) is 0 Å². The number of halogens is 3. The zero-order valence-electron chi connectivity index (χ0n) is 18.8. The molecule has 176 valence electrons. The number of alkyl halides is 3. The van der Waals surface area contributed by atoms with E-state index in [0.717, 1.165) is 37.6 Å². The van der Waals surface area contributed by atoms with Crippen LogP contribution in [0.1, 0.15) is 43.4 Å². The van der Waals surface area contributed by atoms with E-state index in [-0.39, 0.29) is 18.6 Å². The molecule has 0 aliphatic carbocycles. The monoisotopic (exact) mass is 451 g/mol. The maximum atomic E-state index is 12.6. The van der Waals surface area contributed by atoms with E-state index in [1.54, 1.807) is 4.90 Å². The molecule has 0 radical (unpaired) electrons. The molecule has 0 spiro atoms. The highest BCUT2D eigenvalue weighted by Crippen LogP contribution is 2.29. The number of piperidine rings is 1. The first kappa shape index (κ1) is 27.2. The molecule has 1 amide bonds. The topological polar surface area (TPSA) is 49.8 Å². The lowest BCUT2D eigenvalue weighted by Gasteiger charge is -2.30. The van der Waals surface area contributed by atoms with Crippen LogP contribution >= 0.6 is 0 Å². The van der Waals surface area contributed by atoms with Gasteiger partial charge in [-0.25, -0.2) is 4.79 Å². The van der Waals surface area contributed by atoms with Crippen LogP contribution in [0.25, 0.3) is 6.08 Å². The summed E-state index contributed by atoms with van der Waals surface area (Å²) >= 11 is 0. The Morgan fingerprint density at radius 2 is 1.72 bits per heavy atom. The smallest absolute Gasteiger partial charge is 0.416 e. The molecule has 1 aliphatic rings. The lowest BCUT2D eigenvalue weighted by molar-refractivity contribution is -0.137. The van der Waals surface area contributed by atoms with Crippen molar-refractivity contribution in [2.24, 2.45) is 5.92 Å². The zero-order chi connectivity index (χ0) is 24.0. The van der Waals surface area contributed by atoms with E-state index in [1.807, 2.05) is 56.3 Å². The van der Waals surface area contributed by atoms with E-state index >= 15 is 0 Å². The van der Waals surface area contributed by atoms with Gasteiger partial charge in [-0.15, -0.1) is 0 Å². The molecule has 1 N–H and O–H groups in total. The van der Waals surface area contributed by atoms with Gasteiger partial charge in [-0.1, -0.05) is 68.5 Å². The second-order valence-electron chi connectivity index (χ2n) is 6.87. The summed E-state index contributed by atoms with van der Waals surface area (Å²) in [4.78, 5) is 14.0. The second-order valence-corrected chi connectivity index (χ2v) is 6.87. The number of amides is 1. The van der Waals surface area contributed by atoms with Crippen molar-refractivity contribution in [3.63, 3.8) is 0 Å². The average Bonchev–Trinajstić information content (AvgIpc) is 2.84. The molecule has 1 atom stereocenters. The fraction of sp³-hybridized carbons (Fsp3) is 0.400. The Morgan fingerprint density at radius 1 is 1.09 bits per heavy atom. The zero-order valence-corrected chi connectivity index (χ0v) is 18.8. The number of rotatable bonds is 4.